The normalized spacial score (nSPS) is 33.2. The van der Waals surface area contributed by atoms with Crippen LogP contribution in [0.4, 0.5) is 4.39 Å². The molecule has 4 aliphatic rings. The Bertz CT molecular complexity index is 2240. The summed E-state index contributed by atoms with van der Waals surface area (Å²) >= 11 is 0. The molecule has 0 aromatic heterocycles. The van der Waals surface area contributed by atoms with Crippen molar-refractivity contribution in [3.63, 3.8) is 0 Å². The lowest BCUT2D eigenvalue weighted by molar-refractivity contribution is -0.400. The zero-order valence-corrected chi connectivity index (χ0v) is 44.8. The molecule has 444 valence electrons. The zero-order valence-electron chi connectivity index (χ0n) is 44.8. The van der Waals surface area contributed by atoms with Crippen LogP contribution >= 0.6 is 0 Å². The number of ether oxygens (including phenoxy) is 19. The van der Waals surface area contributed by atoms with Crippen molar-refractivity contribution in [3.05, 3.63) is 0 Å². The summed E-state index contributed by atoms with van der Waals surface area (Å²) in [6.07, 6.45) is -38.5. The molecule has 79 heavy (non-hydrogen) atoms. The Hall–Kier alpha value is -6.71. The van der Waals surface area contributed by atoms with Crippen LogP contribution in [0, 0.1) is 0 Å². The van der Waals surface area contributed by atoms with Gasteiger partial charge in [0.25, 0.3) is 0 Å². The van der Waals surface area contributed by atoms with Crippen LogP contribution in [0.1, 0.15) is 83.1 Å². The molecular formula is C47H63FO31. The van der Waals surface area contributed by atoms with Gasteiger partial charge in [0.15, 0.2) is 73.8 Å². The maximum atomic E-state index is 16.1. The van der Waals surface area contributed by atoms with Crippen LogP contribution in [-0.4, -0.2) is 215 Å². The van der Waals surface area contributed by atoms with E-state index in [1.165, 1.54) is 0 Å². The fraction of sp³-hybridized carbons (Fsp3) is 0.745. The van der Waals surface area contributed by atoms with E-state index in [0.717, 1.165) is 83.1 Å². The van der Waals surface area contributed by atoms with Crippen molar-refractivity contribution < 1.29 is 152 Å². The Kier molecular flexibility index (Phi) is 24.2. The average molecular weight is 1140 g/mol. The lowest BCUT2D eigenvalue weighted by atomic mass is 9.95. The lowest BCUT2D eigenvalue weighted by Gasteiger charge is -2.51. The van der Waals surface area contributed by atoms with Crippen LogP contribution in [-0.2, 0) is 148 Å². The van der Waals surface area contributed by atoms with Gasteiger partial charge in [-0.2, -0.15) is 0 Å². The Morgan fingerprint density at radius 1 is 0.316 bits per heavy atom. The SMILES string of the molecule is CC(=O)OC[C@H]1O[C@H](F)[C@H](OC(C)=O)[C@@H](OC(C)=O)[C@H]1O[C@@H]1O[C@H](COC(C)=O)[C@@H](OC(C)=O)[C@H](O[C@@H]2OC[C@@H](OC(C)=O)[C@H](OC(C)=O)[C@H]2OC(C)=O)[C@H]1O[C@@H]1O[C@H](COC(C)=O)[C@@H](OC(C)=O)[C@H](OC(C)=O)[C@H]1OC(C)=O. The predicted octanol–water partition coefficient (Wildman–Crippen LogP) is -1.28. The van der Waals surface area contributed by atoms with Crippen molar-refractivity contribution in [2.24, 2.45) is 0 Å². The number of hydrogen-bond donors (Lipinski definition) is 0. The highest BCUT2D eigenvalue weighted by atomic mass is 19.1. The minimum absolute atomic E-state index is 0.702. The second-order valence-electron chi connectivity index (χ2n) is 17.8. The standard InChI is InChI=1S/C47H63FO31/c1-17(49)61-13-30-35(37(69-24(8)56)40(44(48)74-30)71-26(10)58)77-47-43(79-46-42(73-28(12)60)38(70-25(9)57)33(66-21(5)53)31(75-46)14-62-18(2)50)39(34(67-22(6)54)32(76-47)15-63-19(3)51)78-45-41(72-27(11)59)36(68-23(7)55)29(16-64-45)65-20(4)52/h29-47H,13-16H2,1-12H3/t29-,30-,31-,32-,33-,34-,35+,36+,37+,38+,39+,40-,41-,42-,43-,44+,45+,46+,47+/m1/s1. The molecule has 0 aromatic carbocycles. The van der Waals surface area contributed by atoms with E-state index in [1.807, 2.05) is 0 Å². The molecule has 32 heteroatoms. The molecule has 0 amide bonds. The number of esters is 12. The van der Waals surface area contributed by atoms with Crippen LogP contribution in [0.25, 0.3) is 0 Å². The molecule has 0 bridgehead atoms. The Labute approximate surface area is 449 Å². The highest BCUT2D eigenvalue weighted by molar-refractivity contribution is 5.71. The number of carbonyl (C=O) groups excluding carboxylic acids is 12. The zero-order chi connectivity index (χ0) is 59.2. The van der Waals surface area contributed by atoms with E-state index in [9.17, 15) is 57.5 Å². The molecular weight excluding hydrogens is 1080 g/mol. The fourth-order valence-electron chi connectivity index (χ4n) is 8.55. The predicted molar refractivity (Wildman–Crippen MR) is 241 cm³/mol. The van der Waals surface area contributed by atoms with Gasteiger partial charge in [-0.15, -0.1) is 0 Å². The molecule has 4 saturated heterocycles. The third kappa shape index (κ3) is 19.3. The summed E-state index contributed by atoms with van der Waals surface area (Å²) < 4.78 is 125. The van der Waals surface area contributed by atoms with Gasteiger partial charge in [-0.05, 0) is 0 Å². The summed E-state index contributed by atoms with van der Waals surface area (Å²) in [5.74, 6) is -12.5. The largest absolute Gasteiger partial charge is 0.463 e. The number of rotatable bonds is 21. The van der Waals surface area contributed by atoms with Gasteiger partial charge >= 0.3 is 71.6 Å². The van der Waals surface area contributed by atoms with E-state index in [0.29, 0.717) is 0 Å². The minimum Gasteiger partial charge on any atom is -0.463 e. The number of alkyl halides is 1. The average Bonchev–Trinajstić information content (AvgIpc) is 3.35. The molecule has 0 aliphatic carbocycles. The molecule has 4 rings (SSSR count). The molecule has 0 N–H and O–H groups in total. The Morgan fingerprint density at radius 2 is 0.620 bits per heavy atom. The highest BCUT2D eigenvalue weighted by Crippen LogP contribution is 2.40. The molecule has 0 unspecified atom stereocenters. The summed E-state index contributed by atoms with van der Waals surface area (Å²) in [6.45, 7) is 7.90. The summed E-state index contributed by atoms with van der Waals surface area (Å²) in [5, 5.41) is 0. The summed E-state index contributed by atoms with van der Waals surface area (Å²) in [4.78, 5) is 152. The number of halogens is 1. The van der Waals surface area contributed by atoms with Crippen LogP contribution in [0.2, 0.25) is 0 Å². The van der Waals surface area contributed by atoms with Gasteiger partial charge < -0.3 is 90.0 Å². The summed E-state index contributed by atoms with van der Waals surface area (Å²) in [5.41, 5.74) is 0. The van der Waals surface area contributed by atoms with Crippen LogP contribution in [0.15, 0.2) is 0 Å². The van der Waals surface area contributed by atoms with E-state index >= 15 is 4.39 Å². The molecule has 0 radical (unpaired) electrons. The van der Waals surface area contributed by atoms with Crippen molar-refractivity contribution in [2.45, 2.75) is 200 Å². The maximum Gasteiger partial charge on any atom is 0.303 e. The van der Waals surface area contributed by atoms with E-state index in [1.54, 1.807) is 0 Å². The van der Waals surface area contributed by atoms with Crippen LogP contribution in [0.3, 0.4) is 0 Å². The molecule has 0 saturated carbocycles. The molecule has 4 fully saturated rings. The summed E-state index contributed by atoms with van der Waals surface area (Å²) in [7, 11) is 0. The lowest BCUT2D eigenvalue weighted by Crippen LogP contribution is -2.69. The molecule has 19 atom stereocenters. The first kappa shape index (κ1) is 64.8. The first-order valence-electron chi connectivity index (χ1n) is 24.1. The second-order valence-corrected chi connectivity index (χ2v) is 17.8. The molecule has 0 aromatic rings. The topological polar surface area (TPSA) is 380 Å². The third-order valence-corrected chi connectivity index (χ3v) is 11.1. The van der Waals surface area contributed by atoms with E-state index < -0.39 is 215 Å². The van der Waals surface area contributed by atoms with E-state index in [-0.39, 0.29) is 0 Å². The van der Waals surface area contributed by atoms with Gasteiger partial charge in [-0.25, -0.2) is 4.39 Å². The first-order valence-corrected chi connectivity index (χ1v) is 24.1. The number of hydrogen-bond acceptors (Lipinski definition) is 31. The van der Waals surface area contributed by atoms with E-state index in [4.69, 9.17) is 90.0 Å². The van der Waals surface area contributed by atoms with Crippen LogP contribution < -0.4 is 0 Å². The minimum atomic E-state index is -2.64. The van der Waals surface area contributed by atoms with Gasteiger partial charge in [0, 0.05) is 83.1 Å². The van der Waals surface area contributed by atoms with Gasteiger partial charge in [-0.1, -0.05) is 0 Å². The van der Waals surface area contributed by atoms with Crippen molar-refractivity contribution in [1.82, 2.24) is 0 Å². The fourth-order valence-corrected chi connectivity index (χ4v) is 8.55. The van der Waals surface area contributed by atoms with Crippen molar-refractivity contribution in [3.8, 4) is 0 Å². The summed E-state index contributed by atoms with van der Waals surface area (Å²) in [6, 6.07) is 0. The van der Waals surface area contributed by atoms with E-state index in [2.05, 4.69) is 0 Å². The van der Waals surface area contributed by atoms with Crippen molar-refractivity contribution in [1.29, 1.82) is 0 Å². The monoisotopic (exact) mass is 1140 g/mol. The Morgan fingerprint density at radius 3 is 1.04 bits per heavy atom. The van der Waals surface area contributed by atoms with Gasteiger partial charge in [0.1, 0.15) is 56.4 Å². The Balaban J connectivity index is 2.13. The molecule has 31 nitrogen and oxygen atoms in total. The van der Waals surface area contributed by atoms with Crippen molar-refractivity contribution in [2.75, 3.05) is 26.4 Å². The molecule has 4 aliphatic heterocycles. The quantitative estimate of drug-likeness (QED) is 0.0954. The molecule has 0 spiro atoms. The first-order chi connectivity index (χ1) is 36.9. The second kappa shape index (κ2) is 29.5. The van der Waals surface area contributed by atoms with Gasteiger partial charge in [0.2, 0.25) is 6.36 Å². The van der Waals surface area contributed by atoms with Crippen LogP contribution in [0.5, 0.6) is 0 Å². The van der Waals surface area contributed by atoms with Crippen molar-refractivity contribution >= 4 is 71.6 Å². The maximum absolute atomic E-state index is 16.1. The highest BCUT2D eigenvalue weighted by Gasteiger charge is 2.61. The number of carbonyl (C=O) groups is 12. The van der Waals surface area contributed by atoms with Gasteiger partial charge in [-0.3, -0.25) is 57.5 Å². The molecule has 4 heterocycles. The van der Waals surface area contributed by atoms with Gasteiger partial charge in [0.05, 0.1) is 6.61 Å². The smallest absolute Gasteiger partial charge is 0.303 e. The third-order valence-electron chi connectivity index (χ3n) is 11.1.